The molecule has 0 aromatic carbocycles. The lowest BCUT2D eigenvalue weighted by Crippen LogP contribution is -2.27. The van der Waals surface area contributed by atoms with Crippen molar-refractivity contribution in [1.82, 2.24) is 4.90 Å². The van der Waals surface area contributed by atoms with Gasteiger partial charge in [0.2, 0.25) is 0 Å². The Bertz CT molecular complexity index is 982. The maximum absolute atomic E-state index is 12.8. The topological polar surface area (TPSA) is 92.8 Å². The van der Waals surface area contributed by atoms with Gasteiger partial charge in [0.15, 0.2) is 12.6 Å². The smallest absolute Gasteiger partial charge is 0.305 e. The Hall–Kier alpha value is -1.26. The van der Waals surface area contributed by atoms with Gasteiger partial charge in [0.1, 0.15) is 0 Å². The molecule has 0 heterocycles. The van der Waals surface area contributed by atoms with Crippen molar-refractivity contribution in [1.29, 1.82) is 0 Å². The van der Waals surface area contributed by atoms with Gasteiger partial charge in [-0.2, -0.15) is 0 Å². The molecule has 0 fully saturated rings. The molecule has 0 unspecified atom stereocenters. The van der Waals surface area contributed by atoms with E-state index >= 15 is 0 Å². The summed E-state index contributed by atoms with van der Waals surface area (Å²) in [6.45, 7) is 18.4. The van der Waals surface area contributed by atoms with Crippen LogP contribution in [0.3, 0.4) is 0 Å². The summed E-state index contributed by atoms with van der Waals surface area (Å²) in [5.74, 6) is -0.278. The van der Waals surface area contributed by atoms with E-state index in [9.17, 15) is 9.59 Å². The summed E-state index contributed by atoms with van der Waals surface area (Å²) in [5.41, 5.74) is 0. The first kappa shape index (κ1) is 73.7. The molecule has 0 bridgehead atoms. The van der Waals surface area contributed by atoms with Gasteiger partial charge in [-0.3, -0.25) is 9.59 Å². The summed E-state index contributed by atoms with van der Waals surface area (Å²) in [5, 5.41) is 0. The average molecular weight is 1070 g/mol. The molecular weight excluding hydrogens is 935 g/mol. The van der Waals surface area contributed by atoms with Crippen molar-refractivity contribution in [3.05, 3.63) is 0 Å². The summed E-state index contributed by atoms with van der Waals surface area (Å²) in [6.07, 6.45) is 56.0. The highest BCUT2D eigenvalue weighted by Crippen LogP contribution is 2.17. The van der Waals surface area contributed by atoms with Gasteiger partial charge >= 0.3 is 11.9 Å². The number of esters is 2. The number of carbonyl (C=O) groups is 2. The highest BCUT2D eigenvalue weighted by molar-refractivity contribution is 5.69. The average Bonchev–Trinajstić information content (AvgIpc) is 3.41. The Balaban J connectivity index is 4.49. The summed E-state index contributed by atoms with van der Waals surface area (Å²) < 4.78 is 36.2. The molecule has 0 aromatic rings. The third-order valence-corrected chi connectivity index (χ3v) is 15.0. The fourth-order valence-corrected chi connectivity index (χ4v) is 9.87. The quantitative estimate of drug-likeness (QED) is 0.0335. The Kier molecular flexibility index (Phi) is 62.5. The van der Waals surface area contributed by atoms with Gasteiger partial charge in [-0.05, 0) is 90.3 Å². The number of hydrogen-bond donors (Lipinski definition) is 0. The number of carbonyl (C=O) groups excluding carboxylic acids is 2. The molecule has 0 atom stereocenters. The van der Waals surface area contributed by atoms with Crippen LogP contribution in [0.1, 0.15) is 343 Å². The number of rotatable bonds is 65. The van der Waals surface area contributed by atoms with Crippen molar-refractivity contribution in [3.63, 3.8) is 0 Å². The van der Waals surface area contributed by atoms with Gasteiger partial charge in [0.05, 0.1) is 26.1 Å². The van der Waals surface area contributed by atoms with E-state index in [0.717, 1.165) is 83.8 Å². The maximum Gasteiger partial charge on any atom is 0.305 e. The van der Waals surface area contributed by atoms with Crippen LogP contribution in [0.25, 0.3) is 0 Å². The van der Waals surface area contributed by atoms with Crippen molar-refractivity contribution >= 4 is 11.9 Å². The first-order chi connectivity index (χ1) is 37.0. The summed E-state index contributed by atoms with van der Waals surface area (Å²) in [7, 11) is 0. The number of unbranched alkanes of at least 4 members (excludes halogenated alkanes) is 37. The zero-order chi connectivity index (χ0) is 54.4. The Labute approximate surface area is 467 Å². The molecule has 0 aliphatic rings. The highest BCUT2D eigenvalue weighted by Gasteiger charge is 2.16. The molecular formula is C66H131NO8. The van der Waals surface area contributed by atoms with E-state index in [-0.39, 0.29) is 24.5 Å². The van der Waals surface area contributed by atoms with E-state index in [1.807, 2.05) is 0 Å². The van der Waals surface area contributed by atoms with Crippen LogP contribution in [-0.4, -0.2) is 88.7 Å². The normalized spacial score (nSPS) is 11.8. The number of hydrogen-bond acceptors (Lipinski definition) is 9. The molecule has 448 valence electrons. The SMILES string of the molecule is CCCCCCCCCCCOC(CCC(=O)OCCCCCN(CCCC)CCCCCOC(=O)CCC(OCCCCCCCCCCC)OCCCCCCCCCCC)OCCCCCCCCCCC. The van der Waals surface area contributed by atoms with E-state index in [4.69, 9.17) is 28.4 Å². The highest BCUT2D eigenvalue weighted by atomic mass is 16.7. The van der Waals surface area contributed by atoms with E-state index in [0.29, 0.717) is 65.3 Å². The molecule has 0 spiro atoms. The van der Waals surface area contributed by atoms with Crippen LogP contribution in [0.15, 0.2) is 0 Å². The van der Waals surface area contributed by atoms with Gasteiger partial charge in [-0.25, -0.2) is 0 Å². The summed E-state index contributed by atoms with van der Waals surface area (Å²) in [6, 6.07) is 0. The van der Waals surface area contributed by atoms with Gasteiger partial charge in [-0.15, -0.1) is 0 Å². The first-order valence-corrected chi connectivity index (χ1v) is 33.5. The molecule has 9 nitrogen and oxygen atoms in total. The van der Waals surface area contributed by atoms with E-state index in [1.165, 1.54) is 218 Å². The van der Waals surface area contributed by atoms with Crippen LogP contribution in [-0.2, 0) is 38.0 Å². The van der Waals surface area contributed by atoms with Crippen LogP contribution in [0.4, 0.5) is 0 Å². The molecule has 75 heavy (non-hydrogen) atoms. The van der Waals surface area contributed by atoms with Gasteiger partial charge in [0, 0.05) is 39.3 Å². The molecule has 0 aliphatic carbocycles. The van der Waals surface area contributed by atoms with Crippen molar-refractivity contribution < 1.29 is 38.0 Å². The summed E-state index contributed by atoms with van der Waals surface area (Å²) in [4.78, 5) is 28.2. The lowest BCUT2D eigenvalue weighted by atomic mass is 10.1. The van der Waals surface area contributed by atoms with Crippen molar-refractivity contribution in [2.75, 3.05) is 59.3 Å². The Morgan fingerprint density at radius 3 is 0.747 bits per heavy atom. The molecule has 0 aliphatic heterocycles. The first-order valence-electron chi connectivity index (χ1n) is 33.5. The predicted octanol–water partition coefficient (Wildman–Crippen LogP) is 19.9. The Morgan fingerprint density at radius 2 is 0.480 bits per heavy atom. The molecule has 0 radical (unpaired) electrons. The van der Waals surface area contributed by atoms with Crippen molar-refractivity contribution in [2.45, 2.75) is 355 Å². The van der Waals surface area contributed by atoms with Crippen LogP contribution < -0.4 is 0 Å². The lowest BCUT2D eigenvalue weighted by molar-refractivity contribution is -0.159. The van der Waals surface area contributed by atoms with Crippen LogP contribution >= 0.6 is 0 Å². The second-order valence-electron chi connectivity index (χ2n) is 22.5. The predicted molar refractivity (Wildman–Crippen MR) is 320 cm³/mol. The number of nitrogens with zero attached hydrogens (tertiary/aromatic N) is 1. The van der Waals surface area contributed by atoms with Crippen LogP contribution in [0, 0.1) is 0 Å². The monoisotopic (exact) mass is 1070 g/mol. The third-order valence-electron chi connectivity index (χ3n) is 15.0. The largest absolute Gasteiger partial charge is 0.466 e. The lowest BCUT2D eigenvalue weighted by Gasteiger charge is -2.22. The van der Waals surface area contributed by atoms with E-state index in [2.05, 4.69) is 39.5 Å². The van der Waals surface area contributed by atoms with Gasteiger partial charge in [0.25, 0.3) is 0 Å². The molecule has 0 amide bonds. The van der Waals surface area contributed by atoms with Crippen molar-refractivity contribution in [2.24, 2.45) is 0 Å². The van der Waals surface area contributed by atoms with Gasteiger partial charge < -0.3 is 33.3 Å². The second kappa shape index (κ2) is 63.6. The molecule has 0 N–H and O–H groups in total. The van der Waals surface area contributed by atoms with Gasteiger partial charge in [-0.1, -0.05) is 247 Å². The molecule has 0 saturated carbocycles. The fraction of sp³-hybridized carbons (Fsp3) is 0.970. The van der Waals surface area contributed by atoms with Crippen LogP contribution in [0.2, 0.25) is 0 Å². The number of ether oxygens (including phenoxy) is 6. The van der Waals surface area contributed by atoms with E-state index in [1.54, 1.807) is 0 Å². The zero-order valence-electron chi connectivity index (χ0n) is 51.2. The van der Waals surface area contributed by atoms with Crippen LogP contribution in [0.5, 0.6) is 0 Å². The molecule has 0 saturated heterocycles. The Morgan fingerprint density at radius 1 is 0.267 bits per heavy atom. The second-order valence-corrected chi connectivity index (χ2v) is 22.5. The summed E-state index contributed by atoms with van der Waals surface area (Å²) >= 11 is 0. The minimum absolute atomic E-state index is 0.139. The standard InChI is InChI=1S/C66H131NO8/c1-6-11-16-20-24-28-32-36-44-59-72-65(73-60-45-37-33-29-25-21-17-12-7-2)52-50-63(68)70-57-48-40-42-55-67(54-15-10-5)56-43-41-49-58-71-64(69)51-53-66(74-61-46-38-34-30-26-22-18-13-8-3)75-62-47-39-35-31-27-23-19-14-9-4/h65-66H,6-62H2,1-5H3. The maximum atomic E-state index is 12.8. The molecule has 0 aromatic heterocycles. The minimum atomic E-state index is -0.327. The minimum Gasteiger partial charge on any atom is -0.466 e. The molecule has 9 heteroatoms. The molecule has 0 rings (SSSR count). The fourth-order valence-electron chi connectivity index (χ4n) is 9.87. The van der Waals surface area contributed by atoms with Crippen molar-refractivity contribution in [3.8, 4) is 0 Å². The zero-order valence-corrected chi connectivity index (χ0v) is 51.2. The van der Waals surface area contributed by atoms with E-state index < -0.39 is 0 Å². The third kappa shape index (κ3) is 58.7.